The minimum Gasteiger partial charge on any atom is -0.508 e. The van der Waals surface area contributed by atoms with Gasteiger partial charge < -0.3 is 15.3 Å². The topological polar surface area (TPSA) is 132 Å². The number of hydrogen-bond acceptors (Lipinski definition) is 7. The van der Waals surface area contributed by atoms with Gasteiger partial charge in [-0.1, -0.05) is 48.8 Å². The van der Waals surface area contributed by atoms with Gasteiger partial charge in [-0.2, -0.15) is 0 Å². The zero-order chi connectivity index (χ0) is 22.4. The standard InChI is InChI=1S/C20H27NO7S2/c1-2-3-4-5-6-7-13-21(29(25,26)17-10-8-9-16(22)14-17)30(27,28)18-11-12-19(23)20(24)15-18/h8-12,14-15,22-24H,2-7,13H2,1H3. The number of rotatable bonds is 11. The first kappa shape index (κ1) is 24.0. The molecule has 10 heteroatoms. The molecule has 0 radical (unpaired) electrons. The summed E-state index contributed by atoms with van der Waals surface area (Å²) in [5.74, 6) is -1.51. The highest BCUT2D eigenvalue weighted by Crippen LogP contribution is 2.31. The van der Waals surface area contributed by atoms with Crippen LogP contribution in [0.4, 0.5) is 0 Å². The predicted molar refractivity (Wildman–Crippen MR) is 112 cm³/mol. The van der Waals surface area contributed by atoms with E-state index < -0.39 is 36.4 Å². The average Bonchev–Trinajstić information content (AvgIpc) is 2.69. The highest BCUT2D eigenvalue weighted by molar-refractivity contribution is 8.04. The Bertz CT molecular complexity index is 1070. The lowest BCUT2D eigenvalue weighted by atomic mass is 10.1. The Morgan fingerprint density at radius 2 is 1.33 bits per heavy atom. The van der Waals surface area contributed by atoms with E-state index in [4.69, 9.17) is 0 Å². The van der Waals surface area contributed by atoms with Crippen molar-refractivity contribution in [3.8, 4) is 17.2 Å². The Kier molecular flexibility index (Phi) is 8.10. The Morgan fingerprint density at radius 1 is 0.733 bits per heavy atom. The second-order valence-corrected chi connectivity index (χ2v) is 10.9. The monoisotopic (exact) mass is 457 g/mol. The molecule has 0 bridgehead atoms. The van der Waals surface area contributed by atoms with Crippen LogP contribution in [-0.4, -0.2) is 42.4 Å². The van der Waals surface area contributed by atoms with Gasteiger partial charge in [-0.15, -0.1) is 0 Å². The summed E-state index contributed by atoms with van der Waals surface area (Å²) in [4.78, 5) is -0.826. The summed E-state index contributed by atoms with van der Waals surface area (Å²) in [6.07, 6.45) is 4.92. The molecule has 8 nitrogen and oxygen atoms in total. The number of benzene rings is 2. The summed E-state index contributed by atoms with van der Waals surface area (Å²) in [6.45, 7) is 1.79. The van der Waals surface area contributed by atoms with Crippen LogP contribution < -0.4 is 0 Å². The molecule has 2 rings (SSSR count). The van der Waals surface area contributed by atoms with Crippen molar-refractivity contribution in [1.82, 2.24) is 3.71 Å². The number of phenolic OH excluding ortho intramolecular Hbond substituents is 3. The van der Waals surface area contributed by atoms with Gasteiger partial charge in [-0.05, 0) is 36.8 Å². The van der Waals surface area contributed by atoms with Crippen molar-refractivity contribution in [3.63, 3.8) is 0 Å². The number of sulfonamides is 2. The van der Waals surface area contributed by atoms with Crippen molar-refractivity contribution in [2.24, 2.45) is 0 Å². The molecular formula is C20H27NO7S2. The van der Waals surface area contributed by atoms with Crippen LogP contribution in [0.2, 0.25) is 0 Å². The lowest BCUT2D eigenvalue weighted by molar-refractivity contribution is 0.402. The molecule has 3 N–H and O–H groups in total. The third-order valence-electron chi connectivity index (χ3n) is 4.59. The summed E-state index contributed by atoms with van der Waals surface area (Å²) in [5.41, 5.74) is 0. The van der Waals surface area contributed by atoms with Gasteiger partial charge in [-0.3, -0.25) is 0 Å². The largest absolute Gasteiger partial charge is 0.508 e. The highest BCUT2D eigenvalue weighted by Gasteiger charge is 2.36. The van der Waals surface area contributed by atoms with Crippen LogP contribution in [0.5, 0.6) is 17.2 Å². The molecule has 0 unspecified atom stereocenters. The van der Waals surface area contributed by atoms with Gasteiger partial charge in [0.15, 0.2) is 11.5 Å². The Hall–Kier alpha value is -2.30. The van der Waals surface area contributed by atoms with E-state index in [1.54, 1.807) is 0 Å². The van der Waals surface area contributed by atoms with Gasteiger partial charge in [-0.25, -0.2) is 16.8 Å². The maximum Gasteiger partial charge on any atom is 0.256 e. The highest BCUT2D eigenvalue weighted by atomic mass is 32.3. The zero-order valence-corrected chi connectivity index (χ0v) is 18.4. The molecule has 0 aromatic heterocycles. The summed E-state index contributed by atoms with van der Waals surface area (Å²) < 4.78 is 53.0. The number of nitrogens with zero attached hydrogens (tertiary/aromatic N) is 1. The van der Waals surface area contributed by atoms with E-state index in [1.165, 1.54) is 18.2 Å². The first-order chi connectivity index (χ1) is 14.1. The Balaban J connectivity index is 2.41. The van der Waals surface area contributed by atoms with E-state index in [0.29, 0.717) is 16.6 Å². The number of hydrogen-bond donors (Lipinski definition) is 3. The minimum absolute atomic E-state index is 0.284. The molecule has 0 aliphatic carbocycles. The van der Waals surface area contributed by atoms with E-state index in [-0.39, 0.29) is 17.2 Å². The van der Waals surface area contributed by atoms with Gasteiger partial charge >= 0.3 is 0 Å². The van der Waals surface area contributed by atoms with Gasteiger partial charge in [0.2, 0.25) is 0 Å². The van der Waals surface area contributed by atoms with Crippen LogP contribution in [0, 0.1) is 0 Å². The summed E-state index contributed by atoms with van der Waals surface area (Å²) >= 11 is 0. The second-order valence-electron chi connectivity index (χ2n) is 6.92. The lowest BCUT2D eigenvalue weighted by Gasteiger charge is -2.22. The van der Waals surface area contributed by atoms with E-state index in [1.807, 2.05) is 0 Å². The molecule has 2 aromatic rings. The second kappa shape index (κ2) is 10.1. The van der Waals surface area contributed by atoms with Gasteiger partial charge in [0.25, 0.3) is 20.0 Å². The molecule has 0 amide bonds. The van der Waals surface area contributed by atoms with E-state index in [0.717, 1.165) is 49.9 Å². The molecular weight excluding hydrogens is 430 g/mol. The fourth-order valence-electron chi connectivity index (χ4n) is 2.93. The Labute approximate surface area is 177 Å². The lowest BCUT2D eigenvalue weighted by Crippen LogP contribution is -2.37. The molecule has 166 valence electrons. The van der Waals surface area contributed by atoms with Crippen molar-refractivity contribution in [1.29, 1.82) is 0 Å². The number of aromatic hydroxyl groups is 3. The SMILES string of the molecule is CCCCCCCCN(S(=O)(=O)c1cccc(O)c1)S(=O)(=O)c1ccc(O)c(O)c1. The average molecular weight is 458 g/mol. The molecule has 0 heterocycles. The van der Waals surface area contributed by atoms with Gasteiger partial charge in [0.05, 0.1) is 9.79 Å². The maximum absolute atomic E-state index is 13.2. The van der Waals surface area contributed by atoms with E-state index in [9.17, 15) is 32.2 Å². The van der Waals surface area contributed by atoms with Crippen LogP contribution in [0.3, 0.4) is 0 Å². The molecule has 30 heavy (non-hydrogen) atoms. The van der Waals surface area contributed by atoms with Crippen molar-refractivity contribution >= 4 is 20.0 Å². The maximum atomic E-state index is 13.2. The van der Waals surface area contributed by atoms with Crippen molar-refractivity contribution in [3.05, 3.63) is 42.5 Å². The quantitative estimate of drug-likeness (QED) is 0.347. The van der Waals surface area contributed by atoms with Crippen LogP contribution in [0.1, 0.15) is 45.4 Å². The minimum atomic E-state index is -4.56. The van der Waals surface area contributed by atoms with Crippen molar-refractivity contribution in [2.45, 2.75) is 55.2 Å². The van der Waals surface area contributed by atoms with E-state index >= 15 is 0 Å². The van der Waals surface area contributed by atoms with Crippen molar-refractivity contribution < 1.29 is 32.2 Å². The molecule has 0 aliphatic heterocycles. The molecule has 0 aliphatic rings. The summed E-state index contributed by atoms with van der Waals surface area (Å²) in [7, 11) is -9.07. The fraction of sp³-hybridized carbons (Fsp3) is 0.400. The first-order valence-corrected chi connectivity index (χ1v) is 12.6. The molecule has 0 spiro atoms. The molecule has 0 saturated heterocycles. The van der Waals surface area contributed by atoms with Crippen LogP contribution in [0.15, 0.2) is 52.3 Å². The molecule has 0 fully saturated rings. The van der Waals surface area contributed by atoms with Crippen LogP contribution >= 0.6 is 0 Å². The van der Waals surface area contributed by atoms with Crippen LogP contribution in [0.25, 0.3) is 0 Å². The predicted octanol–water partition coefficient (Wildman–Crippen LogP) is 3.54. The number of phenols is 3. The third-order valence-corrected chi connectivity index (χ3v) is 8.90. The summed E-state index contributed by atoms with van der Waals surface area (Å²) in [6, 6.07) is 7.58. The fourth-order valence-corrected chi connectivity index (χ4v) is 6.71. The Morgan fingerprint density at radius 3 is 1.93 bits per heavy atom. The zero-order valence-electron chi connectivity index (χ0n) is 16.7. The molecule has 0 atom stereocenters. The number of unbranched alkanes of at least 4 members (excludes halogenated alkanes) is 5. The van der Waals surface area contributed by atoms with Crippen LogP contribution in [-0.2, 0) is 20.0 Å². The van der Waals surface area contributed by atoms with E-state index in [2.05, 4.69) is 6.92 Å². The molecule has 2 aromatic carbocycles. The third kappa shape index (κ3) is 5.65. The van der Waals surface area contributed by atoms with Gasteiger partial charge in [0.1, 0.15) is 5.75 Å². The summed E-state index contributed by atoms with van der Waals surface area (Å²) in [5, 5.41) is 28.8. The first-order valence-electron chi connectivity index (χ1n) is 9.69. The van der Waals surface area contributed by atoms with Crippen molar-refractivity contribution in [2.75, 3.05) is 6.54 Å². The normalized spacial score (nSPS) is 12.3. The smallest absolute Gasteiger partial charge is 0.256 e. The van der Waals surface area contributed by atoms with Gasteiger partial charge in [0, 0.05) is 12.6 Å². The molecule has 0 saturated carbocycles.